The fourth-order valence-corrected chi connectivity index (χ4v) is 1.74. The standard InChI is InChI=1S/C15H19N3O/c1-11(2)14-9-13(10-19-3)17-15(18-14)16-12-7-5-4-6-8-12/h4-9,11H,10H2,1-3H3,(H,16,17,18). The number of hydrogen-bond acceptors (Lipinski definition) is 4. The van der Waals surface area contributed by atoms with E-state index in [1.807, 2.05) is 36.4 Å². The van der Waals surface area contributed by atoms with Gasteiger partial charge in [0, 0.05) is 18.5 Å². The third-order valence-corrected chi connectivity index (χ3v) is 2.71. The van der Waals surface area contributed by atoms with Crippen LogP contribution in [0.3, 0.4) is 0 Å². The summed E-state index contributed by atoms with van der Waals surface area (Å²) in [5.74, 6) is 0.972. The van der Waals surface area contributed by atoms with E-state index in [4.69, 9.17) is 4.74 Å². The third-order valence-electron chi connectivity index (χ3n) is 2.71. The average Bonchev–Trinajstić information content (AvgIpc) is 2.40. The number of aromatic nitrogens is 2. The molecule has 0 spiro atoms. The quantitative estimate of drug-likeness (QED) is 0.890. The fourth-order valence-electron chi connectivity index (χ4n) is 1.74. The van der Waals surface area contributed by atoms with E-state index in [1.165, 1.54) is 0 Å². The summed E-state index contributed by atoms with van der Waals surface area (Å²) in [7, 11) is 1.67. The fraction of sp³-hybridized carbons (Fsp3) is 0.333. The van der Waals surface area contributed by atoms with Gasteiger partial charge in [0.25, 0.3) is 0 Å². The molecule has 0 aliphatic heterocycles. The highest BCUT2D eigenvalue weighted by molar-refractivity contribution is 5.52. The topological polar surface area (TPSA) is 47.0 Å². The van der Waals surface area contributed by atoms with Gasteiger partial charge in [0.1, 0.15) is 0 Å². The Balaban J connectivity index is 2.28. The van der Waals surface area contributed by atoms with Crippen LogP contribution >= 0.6 is 0 Å². The van der Waals surface area contributed by atoms with Crippen LogP contribution in [0.5, 0.6) is 0 Å². The number of anilines is 2. The molecule has 0 aliphatic carbocycles. The summed E-state index contributed by atoms with van der Waals surface area (Å²) in [6.07, 6.45) is 0. The molecule has 2 aromatic rings. The Hall–Kier alpha value is -1.94. The number of rotatable bonds is 5. The molecule has 0 amide bonds. The molecule has 4 nitrogen and oxygen atoms in total. The molecule has 0 unspecified atom stereocenters. The number of benzene rings is 1. The van der Waals surface area contributed by atoms with Gasteiger partial charge in [-0.1, -0.05) is 32.0 Å². The normalized spacial score (nSPS) is 10.7. The van der Waals surface area contributed by atoms with Crippen molar-refractivity contribution in [1.82, 2.24) is 9.97 Å². The average molecular weight is 257 g/mol. The number of para-hydroxylation sites is 1. The van der Waals surface area contributed by atoms with E-state index in [2.05, 4.69) is 29.1 Å². The van der Waals surface area contributed by atoms with Crippen LogP contribution in [-0.4, -0.2) is 17.1 Å². The monoisotopic (exact) mass is 257 g/mol. The van der Waals surface area contributed by atoms with Gasteiger partial charge in [-0.05, 0) is 24.1 Å². The predicted octanol–water partition coefficient (Wildman–Crippen LogP) is 3.49. The number of methoxy groups -OCH3 is 1. The van der Waals surface area contributed by atoms with Crippen molar-refractivity contribution in [3.8, 4) is 0 Å². The smallest absolute Gasteiger partial charge is 0.227 e. The minimum absolute atomic E-state index is 0.356. The van der Waals surface area contributed by atoms with Gasteiger partial charge in [0.05, 0.1) is 12.3 Å². The molecule has 100 valence electrons. The zero-order valence-electron chi connectivity index (χ0n) is 11.6. The van der Waals surface area contributed by atoms with Crippen LogP contribution in [0.15, 0.2) is 36.4 Å². The van der Waals surface area contributed by atoms with E-state index < -0.39 is 0 Å². The Bertz CT molecular complexity index is 526. The van der Waals surface area contributed by atoms with Gasteiger partial charge in [0.15, 0.2) is 0 Å². The second-order valence-corrected chi connectivity index (χ2v) is 4.69. The van der Waals surface area contributed by atoms with Crippen molar-refractivity contribution >= 4 is 11.6 Å². The van der Waals surface area contributed by atoms with Gasteiger partial charge in [0.2, 0.25) is 5.95 Å². The van der Waals surface area contributed by atoms with Crippen molar-refractivity contribution in [3.05, 3.63) is 47.8 Å². The van der Waals surface area contributed by atoms with E-state index >= 15 is 0 Å². The second kappa shape index (κ2) is 6.29. The van der Waals surface area contributed by atoms with Crippen LogP contribution in [0.4, 0.5) is 11.6 Å². The van der Waals surface area contributed by atoms with Crippen molar-refractivity contribution < 1.29 is 4.74 Å². The maximum atomic E-state index is 5.15. The number of nitrogens with one attached hydrogen (secondary N) is 1. The lowest BCUT2D eigenvalue weighted by Gasteiger charge is -2.11. The zero-order valence-corrected chi connectivity index (χ0v) is 11.6. The van der Waals surface area contributed by atoms with E-state index in [0.29, 0.717) is 18.5 Å². The van der Waals surface area contributed by atoms with Crippen molar-refractivity contribution in [1.29, 1.82) is 0 Å². The summed E-state index contributed by atoms with van der Waals surface area (Å²) < 4.78 is 5.15. The van der Waals surface area contributed by atoms with Gasteiger partial charge < -0.3 is 10.1 Å². The van der Waals surface area contributed by atoms with Crippen LogP contribution in [0, 0.1) is 0 Å². The summed E-state index contributed by atoms with van der Waals surface area (Å²) >= 11 is 0. The van der Waals surface area contributed by atoms with Crippen LogP contribution in [-0.2, 0) is 11.3 Å². The van der Waals surface area contributed by atoms with Crippen LogP contribution in [0.1, 0.15) is 31.2 Å². The van der Waals surface area contributed by atoms with E-state index in [1.54, 1.807) is 7.11 Å². The number of ether oxygens (including phenoxy) is 1. The lowest BCUT2D eigenvalue weighted by atomic mass is 10.1. The highest BCUT2D eigenvalue weighted by Gasteiger charge is 2.08. The molecule has 1 heterocycles. The van der Waals surface area contributed by atoms with Crippen molar-refractivity contribution in [2.24, 2.45) is 0 Å². The van der Waals surface area contributed by atoms with Gasteiger partial charge in [-0.2, -0.15) is 0 Å². The van der Waals surface area contributed by atoms with Gasteiger partial charge in [-0.15, -0.1) is 0 Å². The zero-order chi connectivity index (χ0) is 13.7. The molecule has 0 aliphatic rings. The summed E-state index contributed by atoms with van der Waals surface area (Å²) in [5.41, 5.74) is 2.88. The highest BCUT2D eigenvalue weighted by atomic mass is 16.5. The molecule has 1 aromatic heterocycles. The lowest BCUT2D eigenvalue weighted by molar-refractivity contribution is 0.181. The number of hydrogen-bond donors (Lipinski definition) is 1. The van der Waals surface area contributed by atoms with E-state index in [9.17, 15) is 0 Å². The van der Waals surface area contributed by atoms with Crippen LogP contribution < -0.4 is 5.32 Å². The highest BCUT2D eigenvalue weighted by Crippen LogP contribution is 2.18. The second-order valence-electron chi connectivity index (χ2n) is 4.69. The molecule has 2 rings (SSSR count). The lowest BCUT2D eigenvalue weighted by Crippen LogP contribution is -2.05. The van der Waals surface area contributed by atoms with Gasteiger partial charge in [-0.25, -0.2) is 9.97 Å². The molecule has 0 bridgehead atoms. The van der Waals surface area contributed by atoms with Gasteiger partial charge in [-0.3, -0.25) is 0 Å². The Kier molecular flexibility index (Phi) is 4.47. The Morgan fingerprint density at radius 3 is 2.53 bits per heavy atom. The third kappa shape index (κ3) is 3.76. The summed E-state index contributed by atoms with van der Waals surface area (Å²) in [6, 6.07) is 11.9. The largest absolute Gasteiger partial charge is 0.378 e. The van der Waals surface area contributed by atoms with Crippen molar-refractivity contribution in [3.63, 3.8) is 0 Å². The molecule has 0 saturated carbocycles. The molecule has 1 aromatic carbocycles. The maximum Gasteiger partial charge on any atom is 0.227 e. The number of nitrogens with zero attached hydrogens (tertiary/aromatic N) is 2. The molecule has 0 saturated heterocycles. The minimum Gasteiger partial charge on any atom is -0.378 e. The first kappa shape index (κ1) is 13.5. The molecule has 19 heavy (non-hydrogen) atoms. The molecule has 0 atom stereocenters. The van der Waals surface area contributed by atoms with Crippen LogP contribution in [0.2, 0.25) is 0 Å². The molecule has 4 heteroatoms. The first-order valence-corrected chi connectivity index (χ1v) is 6.38. The van der Waals surface area contributed by atoms with Crippen molar-refractivity contribution in [2.75, 3.05) is 12.4 Å². The molecule has 0 fully saturated rings. The van der Waals surface area contributed by atoms with Crippen LogP contribution in [0.25, 0.3) is 0 Å². The molecular weight excluding hydrogens is 238 g/mol. The Morgan fingerprint density at radius 2 is 1.89 bits per heavy atom. The molecule has 0 radical (unpaired) electrons. The molecular formula is C15H19N3O. The van der Waals surface area contributed by atoms with E-state index in [-0.39, 0.29) is 0 Å². The van der Waals surface area contributed by atoms with Crippen molar-refractivity contribution in [2.45, 2.75) is 26.4 Å². The van der Waals surface area contributed by atoms with E-state index in [0.717, 1.165) is 17.1 Å². The summed E-state index contributed by atoms with van der Waals surface area (Å²) in [6.45, 7) is 4.72. The Labute approximate surface area is 113 Å². The minimum atomic E-state index is 0.356. The SMILES string of the molecule is COCc1cc(C(C)C)nc(Nc2ccccc2)n1. The first-order valence-electron chi connectivity index (χ1n) is 6.38. The maximum absolute atomic E-state index is 5.15. The summed E-state index contributed by atoms with van der Waals surface area (Å²) in [4.78, 5) is 8.99. The predicted molar refractivity (Wildman–Crippen MR) is 76.6 cm³/mol. The first-order chi connectivity index (χ1) is 9.19. The Morgan fingerprint density at radius 1 is 1.16 bits per heavy atom. The van der Waals surface area contributed by atoms with Gasteiger partial charge >= 0.3 is 0 Å². The molecule has 1 N–H and O–H groups in total. The summed E-state index contributed by atoms with van der Waals surface area (Å²) in [5, 5.41) is 3.22.